The van der Waals surface area contributed by atoms with Gasteiger partial charge in [-0.3, -0.25) is 4.79 Å². The summed E-state index contributed by atoms with van der Waals surface area (Å²) in [6.45, 7) is 10.7. The molecule has 0 unspecified atom stereocenters. The van der Waals surface area contributed by atoms with Crippen molar-refractivity contribution in [3.63, 3.8) is 0 Å². The maximum atomic E-state index is 13.5. The molecule has 3 amide bonds. The largest absolute Gasteiger partial charge is 0.444 e. The number of fused-ring (bicyclic) bond motifs is 1. The first-order valence-electron chi connectivity index (χ1n) is 12.6. The van der Waals surface area contributed by atoms with Crippen molar-refractivity contribution in [2.75, 3.05) is 20.2 Å². The normalized spacial score (nSPS) is 13.5. The van der Waals surface area contributed by atoms with Crippen LogP contribution in [0.2, 0.25) is 0 Å². The number of likely N-dealkylation sites (N-methyl/N-ethyl adjacent to an activating group) is 1. The lowest BCUT2D eigenvalue weighted by Gasteiger charge is -2.31. The molecule has 0 spiro atoms. The van der Waals surface area contributed by atoms with E-state index in [2.05, 4.69) is 15.6 Å². The third kappa shape index (κ3) is 9.95. The Morgan fingerprint density at radius 2 is 1.65 bits per heavy atom. The predicted octanol–water partition coefficient (Wildman–Crippen LogP) is 3.73. The molecule has 0 saturated heterocycles. The van der Waals surface area contributed by atoms with Crippen LogP contribution in [0.15, 0.2) is 30.5 Å². The zero-order valence-corrected chi connectivity index (χ0v) is 23.0. The fourth-order valence-electron chi connectivity index (χ4n) is 3.85. The van der Waals surface area contributed by atoms with Crippen LogP contribution in [0, 0.1) is 0 Å². The summed E-state index contributed by atoms with van der Waals surface area (Å²) in [4.78, 5) is 42.6. The monoisotopic (exact) mass is 518 g/mol. The van der Waals surface area contributed by atoms with Gasteiger partial charge in [0.2, 0.25) is 5.91 Å². The van der Waals surface area contributed by atoms with E-state index in [4.69, 9.17) is 9.47 Å². The summed E-state index contributed by atoms with van der Waals surface area (Å²) in [6.07, 6.45) is 1.83. The van der Waals surface area contributed by atoms with Crippen LogP contribution < -0.4 is 10.6 Å². The first-order valence-corrected chi connectivity index (χ1v) is 12.6. The number of aromatic amines is 1. The Morgan fingerprint density at radius 3 is 2.27 bits per heavy atom. The quantitative estimate of drug-likeness (QED) is 0.354. The van der Waals surface area contributed by atoms with E-state index in [0.29, 0.717) is 19.4 Å². The Balaban J connectivity index is 2.09. The lowest BCUT2D eigenvalue weighted by molar-refractivity contribution is -0.135. The number of benzene rings is 1. The van der Waals surface area contributed by atoms with Crippen LogP contribution in [-0.4, -0.2) is 76.6 Å². The number of aliphatic hydroxyl groups excluding tert-OH is 1. The zero-order valence-electron chi connectivity index (χ0n) is 23.0. The van der Waals surface area contributed by atoms with Gasteiger partial charge in [-0.15, -0.1) is 0 Å². The number of aromatic nitrogens is 1. The lowest BCUT2D eigenvalue weighted by Crippen LogP contribution is -2.53. The SMILES string of the molecule is CN(C(=O)[C@H](Cc1c[nH]c2ccccc12)NC(=O)OC(C)(C)C)[C@H](CO)CCCNC(=O)OC(C)(C)C. The minimum Gasteiger partial charge on any atom is -0.444 e. The second-order valence-electron chi connectivity index (χ2n) is 11.1. The highest BCUT2D eigenvalue weighted by Gasteiger charge is 2.30. The number of ether oxygens (including phenoxy) is 2. The van der Waals surface area contributed by atoms with Crippen LogP contribution in [0.4, 0.5) is 9.59 Å². The number of rotatable bonds is 10. The number of para-hydroxylation sites is 1. The molecule has 2 atom stereocenters. The summed E-state index contributed by atoms with van der Waals surface area (Å²) in [5.74, 6) is -0.352. The van der Waals surface area contributed by atoms with Gasteiger partial charge in [0.05, 0.1) is 12.6 Å². The minimum absolute atomic E-state index is 0.241. The molecule has 0 saturated carbocycles. The third-order valence-electron chi connectivity index (χ3n) is 5.58. The van der Waals surface area contributed by atoms with Crippen LogP contribution in [-0.2, 0) is 20.7 Å². The van der Waals surface area contributed by atoms with Gasteiger partial charge in [-0.25, -0.2) is 9.59 Å². The summed E-state index contributed by atoms with van der Waals surface area (Å²) in [5.41, 5.74) is 0.491. The molecule has 2 aromatic rings. The number of aliphatic hydroxyl groups is 1. The van der Waals surface area contributed by atoms with Crippen molar-refractivity contribution in [2.24, 2.45) is 0 Å². The van der Waals surface area contributed by atoms with Gasteiger partial charge in [0, 0.05) is 37.1 Å². The van der Waals surface area contributed by atoms with Crippen LogP contribution in [0.25, 0.3) is 10.9 Å². The van der Waals surface area contributed by atoms with Gasteiger partial charge >= 0.3 is 12.2 Å². The summed E-state index contributed by atoms with van der Waals surface area (Å²) < 4.78 is 10.6. The Hall–Kier alpha value is -3.27. The number of nitrogens with one attached hydrogen (secondary N) is 3. The molecular weight excluding hydrogens is 476 g/mol. The summed E-state index contributed by atoms with van der Waals surface area (Å²) in [7, 11) is 1.60. The summed E-state index contributed by atoms with van der Waals surface area (Å²) >= 11 is 0. The number of carbonyl (C=O) groups is 3. The van der Waals surface area contributed by atoms with E-state index >= 15 is 0 Å². The van der Waals surface area contributed by atoms with Crippen molar-refractivity contribution in [3.05, 3.63) is 36.0 Å². The van der Waals surface area contributed by atoms with Crippen molar-refractivity contribution in [2.45, 2.75) is 84.1 Å². The Morgan fingerprint density at radius 1 is 1.03 bits per heavy atom. The molecule has 10 heteroatoms. The highest BCUT2D eigenvalue weighted by atomic mass is 16.6. The second-order valence-corrected chi connectivity index (χ2v) is 11.1. The van der Waals surface area contributed by atoms with Crippen molar-refractivity contribution in [1.29, 1.82) is 0 Å². The van der Waals surface area contributed by atoms with Gasteiger partial charge in [0.1, 0.15) is 17.2 Å². The molecule has 2 rings (SSSR count). The number of alkyl carbamates (subject to hydrolysis) is 2. The number of hydrogen-bond donors (Lipinski definition) is 4. The van der Waals surface area contributed by atoms with Crippen molar-refractivity contribution in [1.82, 2.24) is 20.5 Å². The van der Waals surface area contributed by atoms with Gasteiger partial charge in [0.25, 0.3) is 0 Å². The Bertz CT molecular complexity index is 1050. The molecule has 10 nitrogen and oxygen atoms in total. The van der Waals surface area contributed by atoms with E-state index in [0.717, 1.165) is 16.5 Å². The molecule has 1 aromatic carbocycles. The molecule has 0 fully saturated rings. The Labute approximate surface area is 219 Å². The minimum atomic E-state index is -0.909. The topological polar surface area (TPSA) is 133 Å². The van der Waals surface area contributed by atoms with E-state index in [1.54, 1.807) is 48.6 Å². The third-order valence-corrected chi connectivity index (χ3v) is 5.58. The molecule has 0 aliphatic carbocycles. The predicted molar refractivity (Wildman–Crippen MR) is 142 cm³/mol. The molecule has 1 heterocycles. The molecule has 0 aliphatic heterocycles. The van der Waals surface area contributed by atoms with Gasteiger partial charge < -0.3 is 35.1 Å². The van der Waals surface area contributed by atoms with E-state index in [9.17, 15) is 19.5 Å². The Kier molecular flexibility index (Phi) is 10.4. The molecule has 37 heavy (non-hydrogen) atoms. The van der Waals surface area contributed by atoms with Gasteiger partial charge in [-0.05, 0) is 66.0 Å². The fraction of sp³-hybridized carbons (Fsp3) is 0.593. The first kappa shape index (κ1) is 30.0. The van der Waals surface area contributed by atoms with Gasteiger partial charge in [-0.1, -0.05) is 18.2 Å². The van der Waals surface area contributed by atoms with E-state index < -0.39 is 35.5 Å². The highest BCUT2D eigenvalue weighted by molar-refractivity contribution is 5.88. The average molecular weight is 519 g/mol. The molecule has 1 aromatic heterocycles. The first-order chi connectivity index (χ1) is 17.2. The average Bonchev–Trinajstić information content (AvgIpc) is 3.18. The molecule has 206 valence electrons. The zero-order chi connectivity index (χ0) is 27.8. The van der Waals surface area contributed by atoms with Crippen molar-refractivity contribution in [3.8, 4) is 0 Å². The smallest absolute Gasteiger partial charge is 0.408 e. The molecule has 0 aliphatic rings. The maximum Gasteiger partial charge on any atom is 0.408 e. The molecular formula is C27H42N4O6. The van der Waals surface area contributed by atoms with Crippen LogP contribution in [0.5, 0.6) is 0 Å². The van der Waals surface area contributed by atoms with E-state index in [-0.39, 0.29) is 18.9 Å². The van der Waals surface area contributed by atoms with Crippen LogP contribution in [0.3, 0.4) is 0 Å². The lowest BCUT2D eigenvalue weighted by atomic mass is 10.0. The number of H-pyrrole nitrogens is 1. The molecule has 0 bridgehead atoms. The maximum absolute atomic E-state index is 13.5. The standard InChI is InChI=1S/C27H42N4O6/c1-26(2,3)36-24(34)28-14-10-11-19(17-32)31(7)23(33)22(30-25(35)37-27(4,5)6)15-18-16-29-21-13-9-8-12-20(18)21/h8-9,12-13,16,19,22,29,32H,10-11,14-15,17H2,1-7H3,(H,28,34)(H,30,35)/t19-,22-/m0/s1. The number of carbonyl (C=O) groups excluding carboxylic acids is 3. The van der Waals surface area contributed by atoms with Crippen LogP contribution in [0.1, 0.15) is 59.9 Å². The van der Waals surface area contributed by atoms with Crippen LogP contribution >= 0.6 is 0 Å². The summed E-state index contributed by atoms with van der Waals surface area (Å²) in [5, 5.41) is 16.4. The fourth-order valence-corrected chi connectivity index (χ4v) is 3.85. The highest BCUT2D eigenvalue weighted by Crippen LogP contribution is 2.20. The number of hydrogen-bond acceptors (Lipinski definition) is 6. The molecule has 4 N–H and O–H groups in total. The number of amides is 3. The summed E-state index contributed by atoms with van der Waals surface area (Å²) in [6, 6.07) is 6.31. The molecule has 0 radical (unpaired) electrons. The van der Waals surface area contributed by atoms with Crippen molar-refractivity contribution < 1.29 is 29.0 Å². The van der Waals surface area contributed by atoms with Crippen molar-refractivity contribution >= 4 is 29.0 Å². The van der Waals surface area contributed by atoms with E-state index in [1.165, 1.54) is 4.90 Å². The van der Waals surface area contributed by atoms with Gasteiger partial charge in [-0.2, -0.15) is 0 Å². The van der Waals surface area contributed by atoms with E-state index in [1.807, 2.05) is 30.5 Å². The second kappa shape index (κ2) is 12.8. The van der Waals surface area contributed by atoms with Gasteiger partial charge in [0.15, 0.2) is 0 Å². The number of nitrogens with zero attached hydrogens (tertiary/aromatic N) is 1.